The van der Waals surface area contributed by atoms with Crippen LogP contribution in [-0.2, 0) is 7.05 Å². The Labute approximate surface area is 163 Å². The lowest BCUT2D eigenvalue weighted by Crippen LogP contribution is -2.16. The monoisotopic (exact) mass is 381 g/mol. The highest BCUT2D eigenvalue weighted by Crippen LogP contribution is 2.32. The zero-order chi connectivity index (χ0) is 19.6. The predicted octanol–water partition coefficient (Wildman–Crippen LogP) is 4.47. The van der Waals surface area contributed by atoms with Crippen molar-refractivity contribution in [3.63, 3.8) is 0 Å². The number of ketones is 1. The van der Waals surface area contributed by atoms with Gasteiger partial charge < -0.3 is 9.30 Å². The number of hydrogen-bond donors (Lipinski definition) is 0. The Hall–Kier alpha value is -2.60. The molecule has 3 aromatic rings. The minimum Gasteiger partial charge on any atom is -0.496 e. The van der Waals surface area contributed by atoms with Crippen molar-refractivity contribution in [2.45, 2.75) is 31.2 Å². The number of rotatable bonds is 6. The van der Waals surface area contributed by atoms with E-state index in [2.05, 4.69) is 10.2 Å². The molecule has 6 heteroatoms. The molecular formula is C21H23N3O2S. The van der Waals surface area contributed by atoms with Crippen LogP contribution in [0.5, 0.6) is 5.75 Å². The van der Waals surface area contributed by atoms with Crippen LogP contribution in [0.15, 0.2) is 47.6 Å². The van der Waals surface area contributed by atoms with Crippen LogP contribution < -0.4 is 4.74 Å². The summed E-state index contributed by atoms with van der Waals surface area (Å²) in [6, 6.07) is 13.6. The van der Waals surface area contributed by atoms with E-state index in [0.29, 0.717) is 11.0 Å². The first-order valence-electron chi connectivity index (χ1n) is 8.73. The summed E-state index contributed by atoms with van der Waals surface area (Å²) in [4.78, 5) is 12.9. The third-order valence-corrected chi connectivity index (χ3v) is 5.63. The average Bonchev–Trinajstić information content (AvgIpc) is 3.03. The van der Waals surface area contributed by atoms with Crippen molar-refractivity contribution in [1.82, 2.24) is 14.8 Å². The number of aryl methyl sites for hydroxylation is 2. The van der Waals surface area contributed by atoms with E-state index in [4.69, 9.17) is 4.74 Å². The summed E-state index contributed by atoms with van der Waals surface area (Å²) in [5.41, 5.74) is 3.71. The smallest absolute Gasteiger partial charge is 0.191 e. The molecule has 0 saturated carbocycles. The summed E-state index contributed by atoms with van der Waals surface area (Å²) in [6.07, 6.45) is 0. The van der Waals surface area contributed by atoms with Gasteiger partial charge in [0, 0.05) is 12.6 Å². The van der Waals surface area contributed by atoms with Crippen LogP contribution in [0.2, 0.25) is 0 Å². The Balaban J connectivity index is 1.85. The van der Waals surface area contributed by atoms with Gasteiger partial charge in [0.1, 0.15) is 5.75 Å². The van der Waals surface area contributed by atoms with Gasteiger partial charge in [-0.1, -0.05) is 41.6 Å². The summed E-state index contributed by atoms with van der Waals surface area (Å²) < 4.78 is 7.32. The molecule has 0 saturated heterocycles. The number of methoxy groups -OCH3 is 1. The van der Waals surface area contributed by atoms with Crippen LogP contribution in [0.25, 0.3) is 11.4 Å². The molecular weight excluding hydrogens is 358 g/mol. The number of ether oxygens (including phenoxy) is 1. The van der Waals surface area contributed by atoms with E-state index >= 15 is 0 Å². The molecule has 0 aliphatic heterocycles. The molecule has 1 unspecified atom stereocenters. The molecule has 1 aromatic heterocycles. The van der Waals surface area contributed by atoms with E-state index in [0.717, 1.165) is 28.0 Å². The molecule has 3 rings (SSSR count). The largest absolute Gasteiger partial charge is 0.496 e. The molecule has 0 N–H and O–H groups in total. The van der Waals surface area contributed by atoms with Gasteiger partial charge in [-0.3, -0.25) is 4.79 Å². The van der Waals surface area contributed by atoms with Crippen LogP contribution in [0, 0.1) is 13.8 Å². The van der Waals surface area contributed by atoms with Crippen molar-refractivity contribution in [3.8, 4) is 17.1 Å². The molecule has 0 aliphatic rings. The molecule has 0 spiro atoms. The van der Waals surface area contributed by atoms with Crippen LogP contribution >= 0.6 is 11.8 Å². The second-order valence-corrected chi connectivity index (χ2v) is 7.82. The maximum Gasteiger partial charge on any atom is 0.191 e. The SMILES string of the molecule is COc1ccccc1-c1nnc(SC(C)C(=O)c2cc(C)ccc2C)n1C. The fraction of sp³-hybridized carbons (Fsp3) is 0.286. The highest BCUT2D eigenvalue weighted by Gasteiger charge is 2.22. The summed E-state index contributed by atoms with van der Waals surface area (Å²) in [5.74, 6) is 1.55. The van der Waals surface area contributed by atoms with Crippen molar-refractivity contribution >= 4 is 17.5 Å². The van der Waals surface area contributed by atoms with Crippen LogP contribution in [0.3, 0.4) is 0 Å². The van der Waals surface area contributed by atoms with E-state index in [1.165, 1.54) is 11.8 Å². The average molecular weight is 382 g/mol. The second-order valence-electron chi connectivity index (χ2n) is 6.51. The topological polar surface area (TPSA) is 57.0 Å². The van der Waals surface area contributed by atoms with Gasteiger partial charge in [0.2, 0.25) is 0 Å². The first-order chi connectivity index (χ1) is 12.9. The number of thioether (sulfide) groups is 1. The summed E-state index contributed by atoms with van der Waals surface area (Å²) in [6.45, 7) is 5.87. The fourth-order valence-electron chi connectivity index (χ4n) is 2.91. The Kier molecular flexibility index (Phi) is 5.65. The van der Waals surface area contributed by atoms with Crippen LogP contribution in [0.4, 0.5) is 0 Å². The molecule has 1 atom stereocenters. The number of para-hydroxylation sites is 1. The van der Waals surface area contributed by atoms with Crippen LogP contribution in [0.1, 0.15) is 28.4 Å². The molecule has 5 nitrogen and oxygen atoms in total. The lowest BCUT2D eigenvalue weighted by atomic mass is 10.0. The normalized spacial score (nSPS) is 12.0. The summed E-state index contributed by atoms with van der Waals surface area (Å²) >= 11 is 1.42. The quantitative estimate of drug-likeness (QED) is 0.466. The number of carbonyl (C=O) groups is 1. The second kappa shape index (κ2) is 7.96. The number of Topliss-reactive ketones (excluding diaryl/α,β-unsaturated/α-hetero) is 1. The van der Waals surface area contributed by atoms with Crippen molar-refractivity contribution in [2.24, 2.45) is 7.05 Å². The number of benzene rings is 2. The first-order valence-corrected chi connectivity index (χ1v) is 9.61. The fourth-order valence-corrected chi connectivity index (χ4v) is 3.80. The van der Waals surface area contributed by atoms with Gasteiger partial charge >= 0.3 is 0 Å². The van der Waals surface area contributed by atoms with E-state index < -0.39 is 0 Å². The molecule has 1 heterocycles. The van der Waals surface area contributed by atoms with Gasteiger partial charge in [-0.05, 0) is 44.5 Å². The van der Waals surface area contributed by atoms with Gasteiger partial charge in [-0.15, -0.1) is 10.2 Å². The van der Waals surface area contributed by atoms with E-state index in [9.17, 15) is 4.79 Å². The lowest BCUT2D eigenvalue weighted by molar-refractivity contribution is 0.0993. The highest BCUT2D eigenvalue weighted by atomic mass is 32.2. The third kappa shape index (κ3) is 3.90. The first kappa shape index (κ1) is 19.2. The zero-order valence-corrected chi connectivity index (χ0v) is 17.0. The van der Waals surface area contributed by atoms with Gasteiger partial charge in [0.15, 0.2) is 16.8 Å². The zero-order valence-electron chi connectivity index (χ0n) is 16.2. The molecule has 27 heavy (non-hydrogen) atoms. The van der Waals surface area contributed by atoms with Gasteiger partial charge in [0.25, 0.3) is 0 Å². The van der Waals surface area contributed by atoms with Crippen molar-refractivity contribution in [1.29, 1.82) is 0 Å². The standard InChI is InChI=1S/C21H23N3O2S/c1-13-10-11-14(2)17(12-13)19(25)15(3)27-21-23-22-20(24(21)4)16-8-6-7-9-18(16)26-5/h6-12,15H,1-5H3. The third-order valence-electron chi connectivity index (χ3n) is 4.49. The highest BCUT2D eigenvalue weighted by molar-refractivity contribution is 8.00. The van der Waals surface area contributed by atoms with E-state index in [-0.39, 0.29) is 11.0 Å². The lowest BCUT2D eigenvalue weighted by Gasteiger charge is -2.13. The number of hydrogen-bond acceptors (Lipinski definition) is 5. The number of carbonyl (C=O) groups excluding carboxylic acids is 1. The molecule has 2 aromatic carbocycles. The molecule has 0 fully saturated rings. The maximum atomic E-state index is 12.9. The number of aromatic nitrogens is 3. The Morgan fingerprint density at radius 2 is 1.89 bits per heavy atom. The van der Waals surface area contributed by atoms with Gasteiger partial charge in [-0.25, -0.2) is 0 Å². The molecule has 0 radical (unpaired) electrons. The Bertz CT molecular complexity index is 981. The number of nitrogens with zero attached hydrogens (tertiary/aromatic N) is 3. The van der Waals surface area contributed by atoms with Crippen molar-refractivity contribution in [3.05, 3.63) is 59.2 Å². The van der Waals surface area contributed by atoms with E-state index in [1.807, 2.05) is 74.9 Å². The minimum atomic E-state index is -0.265. The predicted molar refractivity (Wildman–Crippen MR) is 109 cm³/mol. The minimum absolute atomic E-state index is 0.100. The summed E-state index contributed by atoms with van der Waals surface area (Å²) in [5, 5.41) is 9.04. The molecule has 0 bridgehead atoms. The molecule has 0 amide bonds. The van der Waals surface area contributed by atoms with Gasteiger partial charge in [-0.2, -0.15) is 0 Å². The molecule has 0 aliphatic carbocycles. The van der Waals surface area contributed by atoms with E-state index in [1.54, 1.807) is 7.11 Å². The Morgan fingerprint density at radius 3 is 2.63 bits per heavy atom. The molecule has 140 valence electrons. The van der Waals surface area contributed by atoms with Crippen LogP contribution in [-0.4, -0.2) is 32.9 Å². The summed E-state index contributed by atoms with van der Waals surface area (Å²) in [7, 11) is 3.54. The van der Waals surface area contributed by atoms with Gasteiger partial charge in [0.05, 0.1) is 17.9 Å². The maximum absolute atomic E-state index is 12.9. The Morgan fingerprint density at radius 1 is 1.15 bits per heavy atom. The van der Waals surface area contributed by atoms with Crippen molar-refractivity contribution in [2.75, 3.05) is 7.11 Å². The van der Waals surface area contributed by atoms with Crippen molar-refractivity contribution < 1.29 is 9.53 Å².